The number of ether oxygens (including phenoxy) is 1. The minimum absolute atomic E-state index is 0.0257. The Balaban J connectivity index is 1.56. The molecule has 2 atom stereocenters. The maximum absolute atomic E-state index is 13.6. The molecule has 0 aliphatic carbocycles. The van der Waals surface area contributed by atoms with Gasteiger partial charge in [0, 0.05) is 31.0 Å². The summed E-state index contributed by atoms with van der Waals surface area (Å²) in [6.07, 6.45) is 6.69. The number of nitrogens with zero attached hydrogens (tertiary/aromatic N) is 3. The minimum Gasteiger partial charge on any atom is -0.381 e. The number of hydrogen-bond donors (Lipinski definition) is 0. The zero-order valence-corrected chi connectivity index (χ0v) is 19.1. The fourth-order valence-corrected chi connectivity index (χ4v) is 4.86. The Labute approximate surface area is 195 Å². The standard InChI is InChI=1S/C28H30FN3O/c1-2-33-21-28(14-13-22-5-7-23(18-30)8-6-22)15-17-32(20-28)27(25-4-3-16-31-19-25)24-9-11-26(29)12-10-24/h3-12,16,19,27H,2,13-15,17,20-21H2,1H3/t27?,28-/m0/s1. The Morgan fingerprint density at radius 2 is 1.91 bits per heavy atom. The van der Waals surface area contributed by atoms with E-state index in [1.807, 2.05) is 43.5 Å². The number of aryl methyl sites for hydroxylation is 1. The summed E-state index contributed by atoms with van der Waals surface area (Å²) in [5.41, 5.74) is 4.16. The molecule has 5 heteroatoms. The lowest BCUT2D eigenvalue weighted by Gasteiger charge is -2.33. The first kappa shape index (κ1) is 23.1. The van der Waals surface area contributed by atoms with Crippen molar-refractivity contribution in [2.45, 2.75) is 32.2 Å². The summed E-state index contributed by atoms with van der Waals surface area (Å²) < 4.78 is 19.6. The summed E-state index contributed by atoms with van der Waals surface area (Å²) in [5.74, 6) is -0.224. The maximum atomic E-state index is 13.6. The molecular formula is C28H30FN3O. The predicted octanol–water partition coefficient (Wildman–Crippen LogP) is 5.54. The third-order valence-electron chi connectivity index (χ3n) is 6.66. The first-order chi connectivity index (χ1) is 16.1. The average molecular weight is 444 g/mol. The quantitative estimate of drug-likeness (QED) is 0.435. The third-order valence-corrected chi connectivity index (χ3v) is 6.66. The van der Waals surface area contributed by atoms with Gasteiger partial charge in [0.05, 0.1) is 24.3 Å². The van der Waals surface area contributed by atoms with Crippen molar-refractivity contribution in [3.63, 3.8) is 0 Å². The van der Waals surface area contributed by atoms with Crippen molar-refractivity contribution in [2.75, 3.05) is 26.3 Å². The molecule has 4 nitrogen and oxygen atoms in total. The second-order valence-corrected chi connectivity index (χ2v) is 8.91. The Morgan fingerprint density at radius 3 is 2.58 bits per heavy atom. The van der Waals surface area contributed by atoms with E-state index >= 15 is 0 Å². The highest BCUT2D eigenvalue weighted by Crippen LogP contribution is 2.41. The van der Waals surface area contributed by atoms with Crippen LogP contribution in [0.4, 0.5) is 4.39 Å². The van der Waals surface area contributed by atoms with Gasteiger partial charge in [0.15, 0.2) is 0 Å². The van der Waals surface area contributed by atoms with Gasteiger partial charge in [0.1, 0.15) is 5.82 Å². The molecule has 4 rings (SSSR count). The van der Waals surface area contributed by atoms with Gasteiger partial charge in [-0.3, -0.25) is 9.88 Å². The minimum atomic E-state index is -0.224. The Bertz CT molecular complexity index is 1060. The van der Waals surface area contributed by atoms with Gasteiger partial charge >= 0.3 is 0 Å². The number of nitriles is 1. The third kappa shape index (κ3) is 5.65. The molecular weight excluding hydrogens is 413 g/mol. The predicted molar refractivity (Wildman–Crippen MR) is 127 cm³/mol. The zero-order valence-electron chi connectivity index (χ0n) is 19.1. The summed E-state index contributed by atoms with van der Waals surface area (Å²) in [7, 11) is 0. The van der Waals surface area contributed by atoms with E-state index in [9.17, 15) is 4.39 Å². The fraction of sp³-hybridized carbons (Fsp3) is 0.357. The number of pyridine rings is 1. The normalized spacial score (nSPS) is 19.3. The lowest BCUT2D eigenvalue weighted by molar-refractivity contribution is 0.0473. The lowest BCUT2D eigenvalue weighted by Crippen LogP contribution is -2.34. The Kier molecular flexibility index (Phi) is 7.49. The molecule has 1 aliphatic heterocycles. The van der Waals surface area contributed by atoms with E-state index in [-0.39, 0.29) is 17.3 Å². The van der Waals surface area contributed by atoms with Crippen LogP contribution in [0, 0.1) is 22.6 Å². The van der Waals surface area contributed by atoms with Crippen LogP contribution in [0.5, 0.6) is 0 Å². The molecule has 1 aliphatic rings. The molecule has 0 radical (unpaired) electrons. The van der Waals surface area contributed by atoms with Gasteiger partial charge in [0.2, 0.25) is 0 Å². The number of hydrogen-bond acceptors (Lipinski definition) is 4. The Morgan fingerprint density at radius 1 is 1.12 bits per heavy atom. The van der Waals surface area contributed by atoms with Gasteiger partial charge < -0.3 is 4.74 Å². The molecule has 1 unspecified atom stereocenters. The van der Waals surface area contributed by atoms with Gasteiger partial charge in [0.25, 0.3) is 0 Å². The largest absolute Gasteiger partial charge is 0.381 e. The van der Waals surface area contributed by atoms with Crippen molar-refractivity contribution < 1.29 is 9.13 Å². The van der Waals surface area contributed by atoms with Gasteiger partial charge in [-0.1, -0.05) is 30.3 Å². The van der Waals surface area contributed by atoms with Crippen molar-refractivity contribution in [2.24, 2.45) is 5.41 Å². The van der Waals surface area contributed by atoms with Crippen LogP contribution in [0.2, 0.25) is 0 Å². The highest BCUT2D eigenvalue weighted by atomic mass is 19.1. The van der Waals surface area contributed by atoms with Crippen LogP contribution >= 0.6 is 0 Å². The van der Waals surface area contributed by atoms with E-state index < -0.39 is 0 Å². The SMILES string of the molecule is CCOC[C@@]1(CCc2ccc(C#N)cc2)CCN(C(c2ccc(F)cc2)c2cccnc2)C1. The van der Waals surface area contributed by atoms with Crippen LogP contribution in [0.25, 0.3) is 0 Å². The molecule has 0 bridgehead atoms. The number of rotatable bonds is 9. The maximum Gasteiger partial charge on any atom is 0.123 e. The molecule has 1 fully saturated rings. The second kappa shape index (κ2) is 10.7. The van der Waals surface area contributed by atoms with E-state index in [0.29, 0.717) is 12.2 Å². The molecule has 0 spiro atoms. The summed E-state index contributed by atoms with van der Waals surface area (Å²) in [6.45, 7) is 5.30. The summed E-state index contributed by atoms with van der Waals surface area (Å²) in [4.78, 5) is 6.84. The van der Waals surface area contributed by atoms with Crippen molar-refractivity contribution >= 4 is 0 Å². The number of benzene rings is 2. The number of likely N-dealkylation sites (tertiary alicyclic amines) is 1. The molecule has 170 valence electrons. The Hall–Kier alpha value is -3.07. The molecule has 0 amide bonds. The van der Waals surface area contributed by atoms with E-state index in [2.05, 4.69) is 34.2 Å². The molecule has 33 heavy (non-hydrogen) atoms. The van der Waals surface area contributed by atoms with Crippen LogP contribution in [0.15, 0.2) is 73.1 Å². The summed E-state index contributed by atoms with van der Waals surface area (Å²) in [5, 5.41) is 9.06. The zero-order chi connectivity index (χ0) is 23.1. The lowest BCUT2D eigenvalue weighted by atomic mass is 9.81. The van der Waals surface area contributed by atoms with Crippen molar-refractivity contribution in [3.8, 4) is 6.07 Å². The van der Waals surface area contributed by atoms with Crippen molar-refractivity contribution in [1.82, 2.24) is 9.88 Å². The summed E-state index contributed by atoms with van der Waals surface area (Å²) >= 11 is 0. The van der Waals surface area contributed by atoms with E-state index in [1.165, 1.54) is 17.7 Å². The van der Waals surface area contributed by atoms with E-state index in [1.54, 1.807) is 6.20 Å². The first-order valence-corrected chi connectivity index (χ1v) is 11.6. The van der Waals surface area contributed by atoms with Crippen LogP contribution in [0.3, 0.4) is 0 Å². The topological polar surface area (TPSA) is 49.1 Å². The van der Waals surface area contributed by atoms with Crippen molar-refractivity contribution in [1.29, 1.82) is 5.26 Å². The highest BCUT2D eigenvalue weighted by Gasteiger charge is 2.41. The van der Waals surface area contributed by atoms with Crippen LogP contribution in [0.1, 0.15) is 48.1 Å². The summed E-state index contributed by atoms with van der Waals surface area (Å²) in [6, 6.07) is 21.0. The fourth-order valence-electron chi connectivity index (χ4n) is 4.86. The van der Waals surface area contributed by atoms with Crippen LogP contribution in [-0.4, -0.2) is 36.2 Å². The van der Waals surface area contributed by atoms with Gasteiger partial charge in [-0.05, 0) is 79.8 Å². The van der Waals surface area contributed by atoms with Gasteiger partial charge in [-0.2, -0.15) is 5.26 Å². The number of halogens is 1. The highest BCUT2D eigenvalue weighted by molar-refractivity contribution is 5.32. The van der Waals surface area contributed by atoms with Crippen LogP contribution < -0.4 is 0 Å². The second-order valence-electron chi connectivity index (χ2n) is 8.91. The van der Waals surface area contributed by atoms with E-state index in [4.69, 9.17) is 10.00 Å². The molecule has 0 saturated carbocycles. The molecule has 3 aromatic rings. The average Bonchev–Trinajstić information content (AvgIpc) is 3.28. The monoisotopic (exact) mass is 443 g/mol. The number of aromatic nitrogens is 1. The molecule has 1 aromatic heterocycles. The van der Waals surface area contributed by atoms with Crippen molar-refractivity contribution in [3.05, 3.63) is 101 Å². The molecule has 1 saturated heterocycles. The first-order valence-electron chi connectivity index (χ1n) is 11.6. The molecule has 2 aromatic carbocycles. The van der Waals surface area contributed by atoms with Gasteiger partial charge in [-0.15, -0.1) is 0 Å². The van der Waals surface area contributed by atoms with Crippen LogP contribution in [-0.2, 0) is 11.2 Å². The van der Waals surface area contributed by atoms with E-state index in [0.717, 1.165) is 50.1 Å². The van der Waals surface area contributed by atoms with Gasteiger partial charge in [-0.25, -0.2) is 4.39 Å². The smallest absolute Gasteiger partial charge is 0.123 e. The molecule has 2 heterocycles. The molecule has 0 N–H and O–H groups in total.